The summed E-state index contributed by atoms with van der Waals surface area (Å²) in [4.78, 5) is 10.4. The smallest absolute Gasteiger partial charge is 0.160 e. The lowest BCUT2D eigenvalue weighted by molar-refractivity contribution is 0.590. The van der Waals surface area contributed by atoms with Crippen molar-refractivity contribution in [3.05, 3.63) is 228 Å². The Balaban J connectivity index is 1.16. The highest BCUT2D eigenvalue weighted by atomic mass is 14.9. The first-order valence-corrected chi connectivity index (χ1v) is 19.8. The van der Waals surface area contributed by atoms with Gasteiger partial charge in [-0.05, 0) is 78.4 Å². The normalized spacial score (nSPS) is 13.0. The van der Waals surface area contributed by atoms with Gasteiger partial charge in [-0.3, -0.25) is 0 Å². The summed E-state index contributed by atoms with van der Waals surface area (Å²) in [5.74, 6) is 0.715. The fourth-order valence-electron chi connectivity index (χ4n) is 8.98. The summed E-state index contributed by atoms with van der Waals surface area (Å²) < 4.78 is 0. The molecule has 272 valence electrons. The second-order valence-corrected chi connectivity index (χ2v) is 16.1. The minimum Gasteiger partial charge on any atom is -0.228 e. The van der Waals surface area contributed by atoms with Crippen molar-refractivity contribution in [1.29, 1.82) is 0 Å². The fourth-order valence-corrected chi connectivity index (χ4v) is 8.98. The highest BCUT2D eigenvalue weighted by Crippen LogP contribution is 2.57. The van der Waals surface area contributed by atoms with E-state index in [1.54, 1.807) is 0 Å². The molecule has 0 saturated heterocycles. The third kappa shape index (κ3) is 5.79. The van der Waals surface area contributed by atoms with Gasteiger partial charge in [-0.2, -0.15) is 0 Å². The molecule has 2 heteroatoms. The maximum Gasteiger partial charge on any atom is 0.160 e. The molecule has 1 aliphatic rings. The molecule has 2 nitrogen and oxygen atoms in total. The van der Waals surface area contributed by atoms with Gasteiger partial charge in [-0.1, -0.05) is 209 Å². The van der Waals surface area contributed by atoms with Gasteiger partial charge < -0.3 is 0 Å². The van der Waals surface area contributed by atoms with Gasteiger partial charge in [0.25, 0.3) is 0 Å². The van der Waals surface area contributed by atoms with Gasteiger partial charge in [0.1, 0.15) is 0 Å². The summed E-state index contributed by atoms with van der Waals surface area (Å²) in [6.45, 7) is 6.74. The summed E-state index contributed by atoms with van der Waals surface area (Å²) in [5, 5.41) is 2.34. The summed E-state index contributed by atoms with van der Waals surface area (Å²) in [5.41, 5.74) is 16.0. The van der Waals surface area contributed by atoms with Crippen LogP contribution in [0.25, 0.3) is 66.9 Å². The Bertz CT molecular complexity index is 2870. The topological polar surface area (TPSA) is 25.8 Å². The van der Waals surface area contributed by atoms with Crippen LogP contribution < -0.4 is 0 Å². The van der Waals surface area contributed by atoms with Crippen LogP contribution in [0.15, 0.2) is 200 Å². The molecule has 0 amide bonds. The largest absolute Gasteiger partial charge is 0.228 e. The third-order valence-electron chi connectivity index (χ3n) is 11.8. The molecule has 0 saturated carbocycles. The van der Waals surface area contributed by atoms with Crippen LogP contribution in [0.2, 0.25) is 0 Å². The Kier molecular flexibility index (Phi) is 8.30. The van der Waals surface area contributed by atoms with Gasteiger partial charge in [-0.25, -0.2) is 9.97 Å². The second-order valence-electron chi connectivity index (χ2n) is 16.1. The van der Waals surface area contributed by atoms with E-state index in [2.05, 4.69) is 203 Å². The number of rotatable bonds is 6. The SMILES string of the molecule is CC(C)(C)c1ccc(-c2cc(-c3ccc(-c4ccc5c(c4)C(c4ccccc4)(c4ccccc4)c4ccccc4-5)c4ccccc34)nc(-c3ccccc3)n2)cc1. The summed E-state index contributed by atoms with van der Waals surface area (Å²) >= 11 is 0. The van der Waals surface area contributed by atoms with Crippen molar-refractivity contribution in [3.8, 4) is 56.2 Å². The number of hydrogen-bond acceptors (Lipinski definition) is 2. The minimum atomic E-state index is -0.462. The number of nitrogens with zero attached hydrogens (tertiary/aromatic N) is 2. The van der Waals surface area contributed by atoms with E-state index < -0.39 is 5.41 Å². The number of aromatic nitrogens is 2. The zero-order chi connectivity index (χ0) is 38.6. The van der Waals surface area contributed by atoms with E-state index in [-0.39, 0.29) is 5.41 Å². The average molecular weight is 731 g/mol. The van der Waals surface area contributed by atoms with Crippen molar-refractivity contribution in [1.82, 2.24) is 9.97 Å². The van der Waals surface area contributed by atoms with E-state index in [0.29, 0.717) is 5.82 Å². The molecular weight excluding hydrogens is 689 g/mol. The molecule has 0 atom stereocenters. The molecule has 0 unspecified atom stereocenters. The van der Waals surface area contributed by atoms with Crippen molar-refractivity contribution in [2.45, 2.75) is 31.6 Å². The molecule has 0 aliphatic heterocycles. The molecule has 0 fully saturated rings. The Labute approximate surface area is 335 Å². The molecule has 0 radical (unpaired) electrons. The van der Waals surface area contributed by atoms with Crippen LogP contribution in [0, 0.1) is 0 Å². The highest BCUT2D eigenvalue weighted by Gasteiger charge is 2.46. The molecule has 1 aliphatic carbocycles. The molecule has 8 aromatic carbocycles. The minimum absolute atomic E-state index is 0.0681. The standard InChI is InChI=1S/C55H42N2/c1-54(2,3)40-30-27-37(28-31-40)51-36-52(57-53(56-51)38-17-7-4-8-18-38)48-34-33-43(44-23-13-14-24-45(44)48)39-29-32-47-46-25-15-16-26-49(46)55(50(47)35-39,41-19-9-5-10-20-41)42-21-11-6-12-22-42/h4-36H,1-3H3. The van der Waals surface area contributed by atoms with Gasteiger partial charge in [-0.15, -0.1) is 0 Å². The maximum atomic E-state index is 5.25. The molecule has 0 bridgehead atoms. The van der Waals surface area contributed by atoms with Gasteiger partial charge in [0.15, 0.2) is 5.82 Å². The first-order chi connectivity index (χ1) is 27.9. The van der Waals surface area contributed by atoms with Crippen LogP contribution in [-0.4, -0.2) is 9.97 Å². The quantitative estimate of drug-likeness (QED) is 0.170. The van der Waals surface area contributed by atoms with E-state index >= 15 is 0 Å². The third-order valence-corrected chi connectivity index (χ3v) is 11.8. The number of hydrogen-bond donors (Lipinski definition) is 0. The Morgan fingerprint density at radius 2 is 0.877 bits per heavy atom. The van der Waals surface area contributed by atoms with Gasteiger partial charge in [0.2, 0.25) is 0 Å². The van der Waals surface area contributed by atoms with Gasteiger partial charge in [0, 0.05) is 16.7 Å². The second kappa shape index (κ2) is 13.7. The fraction of sp³-hybridized carbons (Fsp3) is 0.0909. The van der Waals surface area contributed by atoms with Crippen LogP contribution in [0.4, 0.5) is 0 Å². The van der Waals surface area contributed by atoms with E-state index in [4.69, 9.17) is 9.97 Å². The van der Waals surface area contributed by atoms with Crippen molar-refractivity contribution in [2.75, 3.05) is 0 Å². The summed E-state index contributed by atoms with van der Waals surface area (Å²) in [6, 6.07) is 72.7. The van der Waals surface area contributed by atoms with Crippen LogP contribution in [0.5, 0.6) is 0 Å². The van der Waals surface area contributed by atoms with Crippen molar-refractivity contribution in [2.24, 2.45) is 0 Å². The molecular formula is C55H42N2. The molecule has 1 heterocycles. The number of benzene rings is 8. The van der Waals surface area contributed by atoms with Crippen molar-refractivity contribution < 1.29 is 0 Å². The van der Waals surface area contributed by atoms with Crippen LogP contribution >= 0.6 is 0 Å². The predicted octanol–water partition coefficient (Wildman–Crippen LogP) is 14.0. The zero-order valence-electron chi connectivity index (χ0n) is 32.4. The predicted molar refractivity (Wildman–Crippen MR) is 237 cm³/mol. The lowest BCUT2D eigenvalue weighted by Crippen LogP contribution is -2.28. The summed E-state index contributed by atoms with van der Waals surface area (Å²) in [6.07, 6.45) is 0. The molecule has 0 spiro atoms. The first kappa shape index (κ1) is 34.6. The first-order valence-electron chi connectivity index (χ1n) is 19.8. The lowest BCUT2D eigenvalue weighted by atomic mass is 9.67. The van der Waals surface area contributed by atoms with Gasteiger partial charge in [0.05, 0.1) is 16.8 Å². The highest BCUT2D eigenvalue weighted by molar-refractivity contribution is 6.05. The molecule has 1 aromatic heterocycles. The zero-order valence-corrected chi connectivity index (χ0v) is 32.4. The van der Waals surface area contributed by atoms with Crippen LogP contribution in [0.1, 0.15) is 48.6 Å². The van der Waals surface area contributed by atoms with Crippen LogP contribution in [-0.2, 0) is 10.8 Å². The average Bonchev–Trinajstić information content (AvgIpc) is 3.57. The summed E-state index contributed by atoms with van der Waals surface area (Å²) in [7, 11) is 0. The van der Waals surface area contributed by atoms with Crippen molar-refractivity contribution in [3.63, 3.8) is 0 Å². The Morgan fingerprint density at radius 1 is 0.368 bits per heavy atom. The molecule has 57 heavy (non-hydrogen) atoms. The monoisotopic (exact) mass is 730 g/mol. The maximum absolute atomic E-state index is 5.25. The lowest BCUT2D eigenvalue weighted by Gasteiger charge is -2.34. The van der Waals surface area contributed by atoms with Gasteiger partial charge >= 0.3 is 0 Å². The molecule has 0 N–H and O–H groups in total. The van der Waals surface area contributed by atoms with E-state index in [1.807, 2.05) is 18.2 Å². The van der Waals surface area contributed by atoms with Crippen LogP contribution in [0.3, 0.4) is 0 Å². The Morgan fingerprint density at radius 3 is 1.54 bits per heavy atom. The van der Waals surface area contributed by atoms with Crippen molar-refractivity contribution >= 4 is 10.8 Å². The molecule has 10 rings (SSSR count). The number of fused-ring (bicyclic) bond motifs is 4. The van der Waals surface area contributed by atoms with E-state index in [1.165, 1.54) is 55.5 Å². The van der Waals surface area contributed by atoms with E-state index in [0.717, 1.165) is 33.5 Å². The van der Waals surface area contributed by atoms with E-state index in [9.17, 15) is 0 Å². The Hall–Kier alpha value is -6.90. The molecule has 9 aromatic rings.